The predicted octanol–water partition coefficient (Wildman–Crippen LogP) is 1.97. The zero-order valence-electron chi connectivity index (χ0n) is 11.9. The molecule has 0 radical (unpaired) electrons. The lowest BCUT2D eigenvalue weighted by Gasteiger charge is -2.16. The fourth-order valence-corrected chi connectivity index (χ4v) is 3.21. The van der Waals surface area contributed by atoms with E-state index >= 15 is 0 Å². The molecule has 19 heavy (non-hydrogen) atoms. The Hall–Kier alpha value is -0.610. The van der Waals surface area contributed by atoms with Crippen molar-refractivity contribution < 1.29 is 9.53 Å². The van der Waals surface area contributed by atoms with Gasteiger partial charge < -0.3 is 15.8 Å². The molecule has 2 unspecified atom stereocenters. The number of carbonyl (C=O) groups excluding carboxylic acids is 1. The van der Waals surface area contributed by atoms with E-state index in [0.717, 1.165) is 19.3 Å². The Kier molecular flexibility index (Phi) is 6.11. The van der Waals surface area contributed by atoms with Crippen LogP contribution in [0.4, 0.5) is 0 Å². The van der Waals surface area contributed by atoms with Gasteiger partial charge in [0.25, 0.3) is 0 Å². The molecule has 2 rings (SSSR count). The second-order valence-electron chi connectivity index (χ2n) is 6.05. The summed E-state index contributed by atoms with van der Waals surface area (Å²) in [6, 6.07) is 0.220. The van der Waals surface area contributed by atoms with Crippen molar-refractivity contribution in [2.75, 3.05) is 13.2 Å². The Bertz CT molecular complexity index is 275. The van der Waals surface area contributed by atoms with Crippen molar-refractivity contribution in [3.63, 3.8) is 0 Å². The molecular formula is C15H28N2O2. The molecule has 0 aromatic rings. The largest absolute Gasteiger partial charge is 0.376 e. The molecule has 3 N–H and O–H groups in total. The second-order valence-corrected chi connectivity index (χ2v) is 6.05. The standard InChI is InChI=1S/C15H28N2O2/c16-13-8-7-12(11-13)15(18)17-9-10-19-14-5-3-1-2-4-6-14/h12-14H,1-11,16H2,(H,17,18). The average Bonchev–Trinajstić information content (AvgIpc) is 2.68. The van der Waals surface area contributed by atoms with E-state index in [4.69, 9.17) is 10.5 Å². The molecule has 4 heteroatoms. The number of nitrogens with one attached hydrogen (secondary N) is 1. The molecule has 2 aliphatic carbocycles. The lowest BCUT2D eigenvalue weighted by Crippen LogP contribution is -2.33. The Morgan fingerprint density at radius 2 is 1.84 bits per heavy atom. The summed E-state index contributed by atoms with van der Waals surface area (Å²) in [4.78, 5) is 11.9. The first-order valence-corrected chi connectivity index (χ1v) is 7.90. The first kappa shape index (κ1) is 14.8. The molecule has 0 aromatic heterocycles. The second kappa shape index (κ2) is 7.85. The lowest BCUT2D eigenvalue weighted by molar-refractivity contribution is -0.125. The van der Waals surface area contributed by atoms with Crippen LogP contribution in [0.25, 0.3) is 0 Å². The molecule has 2 fully saturated rings. The van der Waals surface area contributed by atoms with Crippen LogP contribution in [0.2, 0.25) is 0 Å². The van der Waals surface area contributed by atoms with Gasteiger partial charge in [0.2, 0.25) is 5.91 Å². The summed E-state index contributed by atoms with van der Waals surface area (Å²) in [7, 11) is 0. The first-order valence-electron chi connectivity index (χ1n) is 7.90. The van der Waals surface area contributed by atoms with E-state index in [-0.39, 0.29) is 17.9 Å². The maximum atomic E-state index is 11.9. The minimum absolute atomic E-state index is 0.132. The van der Waals surface area contributed by atoms with Crippen LogP contribution in [0.15, 0.2) is 0 Å². The third-order valence-electron chi connectivity index (χ3n) is 4.40. The van der Waals surface area contributed by atoms with Crippen LogP contribution < -0.4 is 11.1 Å². The summed E-state index contributed by atoms with van der Waals surface area (Å²) in [6.45, 7) is 1.29. The smallest absolute Gasteiger partial charge is 0.223 e. The van der Waals surface area contributed by atoms with Crippen molar-refractivity contribution >= 4 is 5.91 Å². The SMILES string of the molecule is NC1CCC(C(=O)NCCOC2CCCCCC2)C1. The zero-order chi connectivity index (χ0) is 13.5. The van der Waals surface area contributed by atoms with Crippen molar-refractivity contribution in [2.24, 2.45) is 11.7 Å². The van der Waals surface area contributed by atoms with Gasteiger partial charge >= 0.3 is 0 Å². The minimum Gasteiger partial charge on any atom is -0.376 e. The number of hydrogen-bond acceptors (Lipinski definition) is 3. The lowest BCUT2D eigenvalue weighted by atomic mass is 10.1. The Balaban J connectivity index is 1.54. The van der Waals surface area contributed by atoms with E-state index in [1.807, 2.05) is 0 Å². The molecule has 2 aliphatic rings. The molecule has 0 bridgehead atoms. The predicted molar refractivity (Wildman–Crippen MR) is 75.8 cm³/mol. The zero-order valence-corrected chi connectivity index (χ0v) is 11.9. The van der Waals surface area contributed by atoms with Crippen molar-refractivity contribution in [3.8, 4) is 0 Å². The van der Waals surface area contributed by atoms with E-state index in [1.54, 1.807) is 0 Å². The minimum atomic E-state index is 0.132. The Labute approximate surface area is 116 Å². The van der Waals surface area contributed by atoms with Gasteiger partial charge in [-0.15, -0.1) is 0 Å². The summed E-state index contributed by atoms with van der Waals surface area (Å²) >= 11 is 0. The number of nitrogens with two attached hydrogens (primary N) is 1. The number of hydrogen-bond donors (Lipinski definition) is 2. The van der Waals surface area contributed by atoms with Crippen molar-refractivity contribution in [1.29, 1.82) is 0 Å². The van der Waals surface area contributed by atoms with Gasteiger partial charge in [0.15, 0.2) is 0 Å². The molecular weight excluding hydrogens is 240 g/mol. The summed E-state index contributed by atoms with van der Waals surface area (Å²) in [5.41, 5.74) is 5.83. The molecule has 0 spiro atoms. The van der Waals surface area contributed by atoms with Gasteiger partial charge in [-0.25, -0.2) is 0 Å². The van der Waals surface area contributed by atoms with E-state index < -0.39 is 0 Å². The van der Waals surface area contributed by atoms with Crippen LogP contribution >= 0.6 is 0 Å². The highest BCUT2D eigenvalue weighted by Gasteiger charge is 2.27. The molecule has 2 atom stereocenters. The molecule has 0 aliphatic heterocycles. The number of carbonyl (C=O) groups is 1. The summed E-state index contributed by atoms with van der Waals surface area (Å²) < 4.78 is 5.86. The third kappa shape index (κ3) is 5.11. The van der Waals surface area contributed by atoms with Gasteiger partial charge in [0, 0.05) is 18.5 Å². The molecule has 2 saturated carbocycles. The highest BCUT2D eigenvalue weighted by atomic mass is 16.5. The Morgan fingerprint density at radius 3 is 2.47 bits per heavy atom. The van der Waals surface area contributed by atoms with E-state index in [9.17, 15) is 4.79 Å². The fraction of sp³-hybridized carbons (Fsp3) is 0.933. The number of amides is 1. The van der Waals surface area contributed by atoms with Gasteiger partial charge in [0.05, 0.1) is 12.7 Å². The number of ether oxygens (including phenoxy) is 1. The molecule has 0 saturated heterocycles. The van der Waals surface area contributed by atoms with Gasteiger partial charge in [-0.3, -0.25) is 4.79 Å². The van der Waals surface area contributed by atoms with Gasteiger partial charge in [-0.05, 0) is 32.1 Å². The highest BCUT2D eigenvalue weighted by molar-refractivity contribution is 5.78. The van der Waals surface area contributed by atoms with E-state index in [1.165, 1.54) is 38.5 Å². The van der Waals surface area contributed by atoms with Crippen LogP contribution in [-0.4, -0.2) is 31.2 Å². The van der Waals surface area contributed by atoms with Crippen LogP contribution in [0, 0.1) is 5.92 Å². The topological polar surface area (TPSA) is 64.4 Å². The van der Waals surface area contributed by atoms with Crippen molar-refractivity contribution in [3.05, 3.63) is 0 Å². The summed E-state index contributed by atoms with van der Waals surface area (Å²) in [6.07, 6.45) is 10.8. The quantitative estimate of drug-likeness (QED) is 0.592. The van der Waals surface area contributed by atoms with E-state index in [0.29, 0.717) is 19.3 Å². The molecule has 1 amide bonds. The average molecular weight is 268 g/mol. The molecule has 0 heterocycles. The fourth-order valence-electron chi connectivity index (χ4n) is 3.21. The monoisotopic (exact) mass is 268 g/mol. The number of rotatable bonds is 5. The maximum absolute atomic E-state index is 11.9. The van der Waals surface area contributed by atoms with Crippen LogP contribution in [0.5, 0.6) is 0 Å². The highest BCUT2D eigenvalue weighted by Crippen LogP contribution is 2.24. The third-order valence-corrected chi connectivity index (χ3v) is 4.40. The molecule has 4 nitrogen and oxygen atoms in total. The van der Waals surface area contributed by atoms with Gasteiger partial charge in [0.1, 0.15) is 0 Å². The molecule has 110 valence electrons. The van der Waals surface area contributed by atoms with Crippen LogP contribution in [0.3, 0.4) is 0 Å². The summed E-state index contributed by atoms with van der Waals surface area (Å²) in [5.74, 6) is 0.297. The van der Waals surface area contributed by atoms with Gasteiger partial charge in [-0.1, -0.05) is 25.7 Å². The first-order chi connectivity index (χ1) is 9.25. The normalized spacial score (nSPS) is 29.1. The molecule has 0 aromatic carbocycles. The Morgan fingerprint density at radius 1 is 1.11 bits per heavy atom. The van der Waals surface area contributed by atoms with Crippen molar-refractivity contribution in [2.45, 2.75) is 69.9 Å². The maximum Gasteiger partial charge on any atom is 0.223 e. The van der Waals surface area contributed by atoms with Crippen LogP contribution in [-0.2, 0) is 9.53 Å². The van der Waals surface area contributed by atoms with Gasteiger partial charge in [-0.2, -0.15) is 0 Å². The van der Waals surface area contributed by atoms with E-state index in [2.05, 4.69) is 5.32 Å². The van der Waals surface area contributed by atoms with Crippen LogP contribution in [0.1, 0.15) is 57.8 Å². The van der Waals surface area contributed by atoms with Crippen molar-refractivity contribution in [1.82, 2.24) is 5.32 Å². The summed E-state index contributed by atoms with van der Waals surface area (Å²) in [5, 5.41) is 2.98.